The van der Waals surface area contributed by atoms with Crippen LogP contribution in [0, 0.1) is 0 Å². The van der Waals surface area contributed by atoms with E-state index >= 15 is 0 Å². The first-order chi connectivity index (χ1) is 6.45. The van der Waals surface area contributed by atoms with Gasteiger partial charge in [-0.05, 0) is 12.8 Å². The maximum absolute atomic E-state index is 10.8. The fourth-order valence-corrected chi connectivity index (χ4v) is 2.00. The molecule has 0 aliphatic carbocycles. The molecule has 0 bridgehead atoms. The van der Waals surface area contributed by atoms with Crippen molar-refractivity contribution in [3.05, 3.63) is 0 Å². The smallest absolute Gasteiger partial charge is 0.147 e. The van der Waals surface area contributed by atoms with Crippen molar-refractivity contribution in [3.8, 4) is 0 Å². The van der Waals surface area contributed by atoms with Gasteiger partial charge in [0.25, 0.3) is 0 Å². The first-order valence-electron chi connectivity index (χ1n) is 5.31. The van der Waals surface area contributed by atoms with E-state index in [-0.39, 0.29) is 5.75 Å². The summed E-state index contributed by atoms with van der Waals surface area (Å²) in [5.41, 5.74) is 0. The fraction of sp³-hybridized carbons (Fsp3) is 1.00. The van der Waals surface area contributed by atoms with Crippen LogP contribution in [-0.4, -0.2) is 31.6 Å². The highest BCUT2D eigenvalue weighted by molar-refractivity contribution is 7.90. The second kappa shape index (κ2) is 7.23. The van der Waals surface area contributed by atoms with Gasteiger partial charge >= 0.3 is 0 Å². The molecule has 14 heavy (non-hydrogen) atoms. The van der Waals surface area contributed by atoms with Crippen LogP contribution in [0.25, 0.3) is 0 Å². The van der Waals surface area contributed by atoms with Gasteiger partial charge in [-0.3, -0.25) is 0 Å². The van der Waals surface area contributed by atoms with Gasteiger partial charge in [0, 0.05) is 6.26 Å². The van der Waals surface area contributed by atoms with Gasteiger partial charge < -0.3 is 5.11 Å². The monoisotopic (exact) mass is 222 g/mol. The van der Waals surface area contributed by atoms with Gasteiger partial charge in [0.15, 0.2) is 0 Å². The number of hydrogen-bond donors (Lipinski definition) is 1. The zero-order chi connectivity index (χ0) is 11.0. The summed E-state index contributed by atoms with van der Waals surface area (Å²) >= 11 is 0. The van der Waals surface area contributed by atoms with E-state index in [1.165, 1.54) is 19.1 Å². The number of rotatable bonds is 8. The molecule has 0 aromatic carbocycles. The second-order valence-electron chi connectivity index (χ2n) is 3.92. The quantitative estimate of drug-likeness (QED) is 0.637. The second-order valence-corrected chi connectivity index (χ2v) is 6.18. The molecule has 0 rings (SSSR count). The van der Waals surface area contributed by atoms with Crippen molar-refractivity contribution < 1.29 is 13.5 Å². The van der Waals surface area contributed by atoms with Crippen LogP contribution in [0.2, 0.25) is 0 Å². The van der Waals surface area contributed by atoms with Crippen LogP contribution >= 0.6 is 0 Å². The van der Waals surface area contributed by atoms with E-state index in [1.54, 1.807) is 0 Å². The number of hydrogen-bond acceptors (Lipinski definition) is 3. The summed E-state index contributed by atoms with van der Waals surface area (Å²) in [4.78, 5) is 0. The van der Waals surface area contributed by atoms with Crippen molar-refractivity contribution in [2.24, 2.45) is 0 Å². The van der Waals surface area contributed by atoms with Gasteiger partial charge in [-0.25, -0.2) is 8.42 Å². The first kappa shape index (κ1) is 13.9. The normalized spacial score (nSPS) is 14.2. The average molecular weight is 222 g/mol. The van der Waals surface area contributed by atoms with Crippen molar-refractivity contribution in [1.82, 2.24) is 0 Å². The zero-order valence-electron chi connectivity index (χ0n) is 9.20. The largest absolute Gasteiger partial charge is 0.393 e. The van der Waals surface area contributed by atoms with Crippen LogP contribution in [0.15, 0.2) is 0 Å². The predicted molar refractivity (Wildman–Crippen MR) is 59.1 cm³/mol. The van der Waals surface area contributed by atoms with Crippen molar-refractivity contribution in [1.29, 1.82) is 0 Å². The Morgan fingerprint density at radius 2 is 1.79 bits per heavy atom. The molecule has 1 N–H and O–H groups in total. The molecule has 1 atom stereocenters. The summed E-state index contributed by atoms with van der Waals surface area (Å²) in [6.07, 6.45) is 6.38. The Morgan fingerprint density at radius 3 is 2.29 bits per heavy atom. The molecular weight excluding hydrogens is 200 g/mol. The lowest BCUT2D eigenvalue weighted by Gasteiger charge is -2.08. The Bertz CT molecular complexity index is 222. The molecule has 0 radical (unpaired) electrons. The Labute approximate surface area is 87.4 Å². The Kier molecular flexibility index (Phi) is 7.19. The molecule has 0 aromatic heterocycles. The van der Waals surface area contributed by atoms with Gasteiger partial charge in [0.2, 0.25) is 0 Å². The Hall–Kier alpha value is -0.0900. The molecule has 0 saturated heterocycles. The molecule has 0 spiro atoms. The SMILES string of the molecule is CCCCCCC(O)CCS(C)(=O)=O. The molecule has 0 aromatic rings. The van der Waals surface area contributed by atoms with Crippen molar-refractivity contribution in [3.63, 3.8) is 0 Å². The summed E-state index contributed by atoms with van der Waals surface area (Å²) in [6.45, 7) is 2.14. The minimum absolute atomic E-state index is 0.0992. The Balaban J connectivity index is 3.42. The van der Waals surface area contributed by atoms with Gasteiger partial charge in [0.1, 0.15) is 9.84 Å². The van der Waals surface area contributed by atoms with Crippen LogP contribution in [-0.2, 0) is 9.84 Å². The van der Waals surface area contributed by atoms with E-state index in [2.05, 4.69) is 6.92 Å². The van der Waals surface area contributed by atoms with E-state index in [1.807, 2.05) is 0 Å². The minimum atomic E-state index is -2.91. The molecule has 86 valence electrons. The lowest BCUT2D eigenvalue weighted by atomic mass is 10.1. The number of aliphatic hydroxyl groups excluding tert-OH is 1. The van der Waals surface area contributed by atoms with Gasteiger partial charge in [0.05, 0.1) is 11.9 Å². The molecular formula is C10H22O3S. The maximum atomic E-state index is 10.8. The molecule has 4 heteroatoms. The van der Waals surface area contributed by atoms with Crippen molar-refractivity contribution in [2.45, 2.75) is 51.6 Å². The third-order valence-electron chi connectivity index (χ3n) is 2.21. The van der Waals surface area contributed by atoms with E-state index in [0.717, 1.165) is 19.3 Å². The van der Waals surface area contributed by atoms with Crippen LogP contribution in [0.1, 0.15) is 45.4 Å². The third-order valence-corrected chi connectivity index (χ3v) is 3.19. The summed E-state index contributed by atoms with van der Waals surface area (Å²) in [7, 11) is -2.91. The number of aliphatic hydroxyl groups is 1. The highest BCUT2D eigenvalue weighted by Crippen LogP contribution is 2.08. The minimum Gasteiger partial charge on any atom is -0.393 e. The van der Waals surface area contributed by atoms with Crippen LogP contribution in [0.3, 0.4) is 0 Å². The number of unbranched alkanes of at least 4 members (excludes halogenated alkanes) is 3. The molecule has 0 fully saturated rings. The first-order valence-corrected chi connectivity index (χ1v) is 7.37. The molecule has 0 heterocycles. The summed E-state index contributed by atoms with van der Waals surface area (Å²) in [6, 6.07) is 0. The molecule has 0 amide bonds. The highest BCUT2D eigenvalue weighted by atomic mass is 32.2. The Morgan fingerprint density at radius 1 is 1.14 bits per heavy atom. The molecule has 3 nitrogen and oxygen atoms in total. The number of sulfone groups is 1. The molecule has 1 unspecified atom stereocenters. The van der Waals surface area contributed by atoms with Crippen LogP contribution < -0.4 is 0 Å². The molecule has 0 saturated carbocycles. The van der Waals surface area contributed by atoms with Crippen LogP contribution in [0.5, 0.6) is 0 Å². The van der Waals surface area contributed by atoms with Crippen molar-refractivity contribution >= 4 is 9.84 Å². The van der Waals surface area contributed by atoms with Crippen molar-refractivity contribution in [2.75, 3.05) is 12.0 Å². The maximum Gasteiger partial charge on any atom is 0.147 e. The van der Waals surface area contributed by atoms with Gasteiger partial charge in [-0.15, -0.1) is 0 Å². The summed E-state index contributed by atoms with van der Waals surface area (Å²) in [5.74, 6) is 0.0992. The summed E-state index contributed by atoms with van der Waals surface area (Å²) < 4.78 is 21.6. The van der Waals surface area contributed by atoms with E-state index in [0.29, 0.717) is 6.42 Å². The van der Waals surface area contributed by atoms with E-state index < -0.39 is 15.9 Å². The third kappa shape index (κ3) is 9.99. The zero-order valence-corrected chi connectivity index (χ0v) is 10.0. The van der Waals surface area contributed by atoms with Gasteiger partial charge in [-0.2, -0.15) is 0 Å². The van der Waals surface area contributed by atoms with Crippen LogP contribution in [0.4, 0.5) is 0 Å². The lowest BCUT2D eigenvalue weighted by Crippen LogP contribution is -2.13. The van der Waals surface area contributed by atoms with E-state index in [4.69, 9.17) is 0 Å². The van der Waals surface area contributed by atoms with Gasteiger partial charge in [-0.1, -0.05) is 32.6 Å². The highest BCUT2D eigenvalue weighted by Gasteiger charge is 2.08. The summed E-state index contributed by atoms with van der Waals surface area (Å²) in [5, 5.41) is 9.45. The predicted octanol–water partition coefficient (Wildman–Crippen LogP) is 1.75. The lowest BCUT2D eigenvalue weighted by molar-refractivity contribution is 0.157. The molecule has 0 aliphatic rings. The average Bonchev–Trinajstić information content (AvgIpc) is 2.08. The standard InChI is InChI=1S/C10H22O3S/c1-3-4-5-6-7-10(11)8-9-14(2,12)13/h10-11H,3-9H2,1-2H3. The fourth-order valence-electron chi connectivity index (χ4n) is 1.30. The van der Waals surface area contributed by atoms with E-state index in [9.17, 15) is 13.5 Å². The topological polar surface area (TPSA) is 54.4 Å². The molecule has 0 aliphatic heterocycles.